The van der Waals surface area contributed by atoms with E-state index in [0.29, 0.717) is 18.7 Å². The third-order valence-corrected chi connectivity index (χ3v) is 4.70. The van der Waals surface area contributed by atoms with Gasteiger partial charge in [0.25, 0.3) is 0 Å². The number of hydrogen-bond donors (Lipinski definition) is 0. The number of ether oxygens (including phenoxy) is 1. The number of hydrogen-bond acceptors (Lipinski definition) is 4. The van der Waals surface area contributed by atoms with E-state index in [2.05, 4.69) is 11.1 Å². The quantitative estimate of drug-likeness (QED) is 0.624. The number of para-hydroxylation sites is 2. The molecule has 0 saturated carbocycles. The molecule has 0 fully saturated rings. The Labute approximate surface area is 143 Å². The van der Waals surface area contributed by atoms with Crippen molar-refractivity contribution in [3.05, 3.63) is 53.8 Å². The molecule has 0 spiro atoms. The maximum atomic E-state index is 13.8. The lowest BCUT2D eigenvalue weighted by Gasteiger charge is -2.07. The lowest BCUT2D eigenvalue weighted by atomic mass is 10.2. The van der Waals surface area contributed by atoms with E-state index in [4.69, 9.17) is 10.00 Å². The van der Waals surface area contributed by atoms with Gasteiger partial charge >= 0.3 is 0 Å². The topological polar surface area (TPSA) is 50.8 Å². The number of halogens is 1. The van der Waals surface area contributed by atoms with Crippen molar-refractivity contribution < 1.29 is 9.13 Å². The second kappa shape index (κ2) is 7.37. The van der Waals surface area contributed by atoms with Crippen LogP contribution < -0.4 is 4.74 Å². The van der Waals surface area contributed by atoms with E-state index in [1.165, 1.54) is 24.9 Å². The molecule has 122 valence electrons. The van der Waals surface area contributed by atoms with Crippen molar-refractivity contribution >= 4 is 22.8 Å². The van der Waals surface area contributed by atoms with Crippen LogP contribution in [0.1, 0.15) is 12.0 Å². The highest BCUT2D eigenvalue weighted by Crippen LogP contribution is 2.28. The summed E-state index contributed by atoms with van der Waals surface area (Å²) in [5.41, 5.74) is 2.77. The molecule has 2 aromatic carbocycles. The summed E-state index contributed by atoms with van der Waals surface area (Å²) in [6.07, 6.45) is 0.422. The van der Waals surface area contributed by atoms with E-state index in [9.17, 15) is 4.39 Å². The number of rotatable bonds is 6. The average molecular weight is 341 g/mol. The summed E-state index contributed by atoms with van der Waals surface area (Å²) in [7, 11) is 1.45. The van der Waals surface area contributed by atoms with Crippen molar-refractivity contribution in [1.29, 1.82) is 5.26 Å². The summed E-state index contributed by atoms with van der Waals surface area (Å²) in [5.74, 6) is 0.468. The van der Waals surface area contributed by atoms with Crippen LogP contribution in [-0.2, 0) is 12.3 Å². The van der Waals surface area contributed by atoms with Gasteiger partial charge in [-0.15, -0.1) is 0 Å². The number of nitriles is 1. The summed E-state index contributed by atoms with van der Waals surface area (Å²) in [5, 5.41) is 9.71. The van der Waals surface area contributed by atoms with Crippen molar-refractivity contribution in [3.8, 4) is 11.8 Å². The molecule has 24 heavy (non-hydrogen) atoms. The first kappa shape index (κ1) is 16.3. The van der Waals surface area contributed by atoms with Crippen molar-refractivity contribution in [1.82, 2.24) is 9.55 Å². The third-order valence-electron chi connectivity index (χ3n) is 3.65. The predicted octanol–water partition coefficient (Wildman–Crippen LogP) is 4.39. The largest absolute Gasteiger partial charge is 0.494 e. The van der Waals surface area contributed by atoms with Crippen LogP contribution in [0, 0.1) is 17.1 Å². The van der Waals surface area contributed by atoms with Gasteiger partial charge in [0.15, 0.2) is 16.7 Å². The molecule has 3 rings (SSSR count). The molecule has 0 aliphatic heterocycles. The maximum absolute atomic E-state index is 13.8. The van der Waals surface area contributed by atoms with E-state index in [0.717, 1.165) is 21.8 Å². The number of nitrogens with zero attached hydrogens (tertiary/aromatic N) is 3. The third kappa shape index (κ3) is 3.36. The number of aromatic nitrogens is 2. The smallest absolute Gasteiger partial charge is 0.169 e. The Bertz CT molecular complexity index is 901. The summed E-state index contributed by atoms with van der Waals surface area (Å²) < 4.78 is 20.8. The van der Waals surface area contributed by atoms with Crippen LogP contribution in [0.4, 0.5) is 4.39 Å². The average Bonchev–Trinajstić information content (AvgIpc) is 2.96. The van der Waals surface area contributed by atoms with E-state index in [1.807, 2.05) is 34.9 Å². The second-order valence-corrected chi connectivity index (χ2v) is 6.14. The van der Waals surface area contributed by atoms with Gasteiger partial charge in [-0.25, -0.2) is 9.37 Å². The van der Waals surface area contributed by atoms with Gasteiger partial charge in [0, 0.05) is 12.3 Å². The Balaban J connectivity index is 1.84. The highest BCUT2D eigenvalue weighted by atomic mass is 32.2. The van der Waals surface area contributed by atoms with Gasteiger partial charge in [0.1, 0.15) is 0 Å². The van der Waals surface area contributed by atoms with Gasteiger partial charge < -0.3 is 9.30 Å². The second-order valence-electron chi connectivity index (χ2n) is 5.20. The summed E-state index contributed by atoms with van der Waals surface area (Å²) in [4.78, 5) is 4.63. The minimum Gasteiger partial charge on any atom is -0.494 e. The Morgan fingerprint density at radius 1 is 1.29 bits per heavy atom. The first-order chi connectivity index (χ1) is 11.7. The fraction of sp³-hybridized carbons (Fsp3) is 0.222. The van der Waals surface area contributed by atoms with Gasteiger partial charge in [-0.1, -0.05) is 30.0 Å². The maximum Gasteiger partial charge on any atom is 0.169 e. The molecule has 0 radical (unpaired) electrons. The number of thioether (sulfide) groups is 1. The molecule has 0 saturated heterocycles. The highest BCUT2D eigenvalue weighted by Gasteiger charge is 2.11. The van der Waals surface area contributed by atoms with Crippen molar-refractivity contribution in [2.45, 2.75) is 23.9 Å². The van der Waals surface area contributed by atoms with Crippen LogP contribution in [0.25, 0.3) is 11.0 Å². The molecule has 0 amide bonds. The van der Waals surface area contributed by atoms with Crippen LogP contribution in [-0.4, -0.2) is 16.7 Å². The Hall–Kier alpha value is -2.52. The van der Waals surface area contributed by atoms with Crippen molar-refractivity contribution in [3.63, 3.8) is 0 Å². The highest BCUT2D eigenvalue weighted by molar-refractivity contribution is 7.98. The molecule has 6 heteroatoms. The summed E-state index contributed by atoms with van der Waals surface area (Å²) in [6, 6.07) is 15.0. The molecule has 3 aromatic rings. The molecule has 0 aliphatic carbocycles. The van der Waals surface area contributed by atoms with E-state index in [-0.39, 0.29) is 11.6 Å². The van der Waals surface area contributed by atoms with Crippen molar-refractivity contribution in [2.24, 2.45) is 0 Å². The number of imidazole rings is 1. The van der Waals surface area contributed by atoms with Crippen LogP contribution >= 0.6 is 11.8 Å². The molecular weight excluding hydrogens is 325 g/mol. The van der Waals surface area contributed by atoms with Crippen LogP contribution in [0.5, 0.6) is 5.75 Å². The number of fused-ring (bicyclic) bond motifs is 1. The minimum atomic E-state index is -0.367. The lowest BCUT2D eigenvalue weighted by molar-refractivity contribution is 0.386. The Morgan fingerprint density at radius 2 is 2.12 bits per heavy atom. The van der Waals surface area contributed by atoms with Crippen LogP contribution in [0.3, 0.4) is 0 Å². The van der Waals surface area contributed by atoms with Gasteiger partial charge in [0.2, 0.25) is 0 Å². The zero-order chi connectivity index (χ0) is 16.9. The van der Waals surface area contributed by atoms with Gasteiger partial charge in [-0.2, -0.15) is 5.26 Å². The monoisotopic (exact) mass is 341 g/mol. The number of aryl methyl sites for hydroxylation is 1. The molecule has 4 nitrogen and oxygen atoms in total. The Morgan fingerprint density at radius 3 is 2.88 bits per heavy atom. The molecule has 0 N–H and O–H groups in total. The first-order valence-electron chi connectivity index (χ1n) is 7.50. The summed E-state index contributed by atoms with van der Waals surface area (Å²) >= 11 is 1.53. The van der Waals surface area contributed by atoms with Crippen LogP contribution in [0.2, 0.25) is 0 Å². The van der Waals surface area contributed by atoms with E-state index >= 15 is 0 Å². The van der Waals surface area contributed by atoms with E-state index in [1.54, 1.807) is 6.07 Å². The standard InChI is InChI=1S/C18H16FN3OS/c1-23-17-8-7-13(11-14(17)19)12-24-18-21-15-5-2-3-6-16(15)22(18)10-4-9-20/h2-3,5-8,11H,4,10,12H2,1H3. The molecule has 0 atom stereocenters. The fourth-order valence-electron chi connectivity index (χ4n) is 2.49. The SMILES string of the molecule is COc1ccc(CSc2nc3ccccc3n2CCC#N)cc1F. The minimum absolute atomic E-state index is 0.241. The zero-order valence-corrected chi connectivity index (χ0v) is 14.0. The number of methoxy groups -OCH3 is 1. The van der Waals surface area contributed by atoms with Crippen molar-refractivity contribution in [2.75, 3.05) is 7.11 Å². The normalized spacial score (nSPS) is 10.7. The molecular formula is C18H16FN3OS. The number of benzene rings is 2. The van der Waals surface area contributed by atoms with Gasteiger partial charge in [-0.3, -0.25) is 0 Å². The molecule has 0 aliphatic rings. The van der Waals surface area contributed by atoms with Gasteiger partial charge in [0.05, 0.1) is 30.6 Å². The molecule has 1 heterocycles. The Kier molecular flexibility index (Phi) is 5.02. The lowest BCUT2D eigenvalue weighted by Crippen LogP contribution is -1.99. The van der Waals surface area contributed by atoms with Gasteiger partial charge in [-0.05, 0) is 29.8 Å². The predicted molar refractivity (Wildman–Crippen MR) is 92.5 cm³/mol. The molecule has 0 unspecified atom stereocenters. The van der Waals surface area contributed by atoms with E-state index < -0.39 is 0 Å². The molecule has 1 aromatic heterocycles. The summed E-state index contributed by atoms with van der Waals surface area (Å²) in [6.45, 7) is 0.594. The first-order valence-corrected chi connectivity index (χ1v) is 8.49. The zero-order valence-electron chi connectivity index (χ0n) is 13.2. The molecule has 0 bridgehead atoms. The van der Waals surface area contributed by atoms with Crippen LogP contribution in [0.15, 0.2) is 47.6 Å². The fourth-order valence-corrected chi connectivity index (χ4v) is 3.47.